The first-order chi connectivity index (χ1) is 13.7. The Bertz CT molecular complexity index is 842. The van der Waals surface area contributed by atoms with E-state index in [0.29, 0.717) is 36.8 Å². The average molecular weight is 381 g/mol. The van der Waals surface area contributed by atoms with Crippen LogP contribution in [-0.4, -0.2) is 32.8 Å². The van der Waals surface area contributed by atoms with E-state index in [0.717, 1.165) is 37.9 Å². The number of hydrogen-bond donors (Lipinski definition) is 1. The molecule has 4 rings (SSSR count). The summed E-state index contributed by atoms with van der Waals surface area (Å²) in [5.74, 6) is 2.16. The Hall–Kier alpha value is -2.69. The van der Waals surface area contributed by atoms with Gasteiger partial charge in [-0.1, -0.05) is 31.0 Å². The number of nitrogens with one attached hydrogen (secondary N) is 1. The summed E-state index contributed by atoms with van der Waals surface area (Å²) in [4.78, 5) is 12.9. The quantitative estimate of drug-likeness (QED) is 0.847. The van der Waals surface area contributed by atoms with Crippen molar-refractivity contribution in [3.63, 3.8) is 0 Å². The topological polar surface area (TPSA) is 56.8 Å². The lowest BCUT2D eigenvalue weighted by molar-refractivity contribution is 0.0942. The first-order valence-corrected chi connectivity index (χ1v) is 10.0. The highest BCUT2D eigenvalue weighted by Gasteiger charge is 2.38. The largest absolute Gasteiger partial charge is 0.496 e. The van der Waals surface area contributed by atoms with Crippen LogP contribution in [0.5, 0.6) is 17.2 Å². The van der Waals surface area contributed by atoms with Gasteiger partial charge in [-0.25, -0.2) is 0 Å². The van der Waals surface area contributed by atoms with Crippen molar-refractivity contribution in [3.8, 4) is 17.2 Å². The SMILES string of the molecule is COc1ccccc1C1(CNC(=O)c2ccc3c(c2)OCCCO3)CCCC1. The Labute approximate surface area is 166 Å². The van der Waals surface area contributed by atoms with Crippen LogP contribution in [0.15, 0.2) is 42.5 Å². The lowest BCUT2D eigenvalue weighted by atomic mass is 9.78. The van der Waals surface area contributed by atoms with Gasteiger partial charge in [0.2, 0.25) is 0 Å². The molecule has 0 atom stereocenters. The van der Waals surface area contributed by atoms with Crippen LogP contribution in [0.25, 0.3) is 0 Å². The monoisotopic (exact) mass is 381 g/mol. The Morgan fingerprint density at radius 2 is 1.79 bits per heavy atom. The van der Waals surface area contributed by atoms with E-state index in [1.807, 2.05) is 24.3 Å². The van der Waals surface area contributed by atoms with Gasteiger partial charge in [0.05, 0.1) is 20.3 Å². The van der Waals surface area contributed by atoms with E-state index in [1.54, 1.807) is 19.2 Å². The number of para-hydroxylation sites is 1. The number of hydrogen-bond acceptors (Lipinski definition) is 4. The number of benzene rings is 2. The van der Waals surface area contributed by atoms with Gasteiger partial charge in [0.15, 0.2) is 11.5 Å². The normalized spacial score (nSPS) is 17.6. The van der Waals surface area contributed by atoms with Gasteiger partial charge >= 0.3 is 0 Å². The lowest BCUT2D eigenvalue weighted by Crippen LogP contribution is -2.39. The first-order valence-electron chi connectivity index (χ1n) is 10.0. The van der Waals surface area contributed by atoms with Crippen molar-refractivity contribution in [2.45, 2.75) is 37.5 Å². The molecule has 1 N–H and O–H groups in total. The van der Waals surface area contributed by atoms with E-state index in [-0.39, 0.29) is 11.3 Å². The van der Waals surface area contributed by atoms with Gasteiger partial charge < -0.3 is 19.5 Å². The third-order valence-corrected chi connectivity index (χ3v) is 5.84. The Morgan fingerprint density at radius 1 is 1.04 bits per heavy atom. The molecule has 0 aromatic heterocycles. The third kappa shape index (κ3) is 3.66. The Morgan fingerprint density at radius 3 is 2.57 bits per heavy atom. The molecule has 5 nitrogen and oxygen atoms in total. The molecule has 2 aliphatic rings. The van der Waals surface area contributed by atoms with Gasteiger partial charge in [0, 0.05) is 29.5 Å². The minimum atomic E-state index is -0.0863. The van der Waals surface area contributed by atoms with E-state index in [1.165, 1.54) is 5.56 Å². The number of methoxy groups -OCH3 is 1. The molecule has 1 aliphatic heterocycles. The molecule has 1 amide bonds. The maximum Gasteiger partial charge on any atom is 0.251 e. The van der Waals surface area contributed by atoms with E-state index in [2.05, 4.69) is 11.4 Å². The van der Waals surface area contributed by atoms with E-state index < -0.39 is 0 Å². The lowest BCUT2D eigenvalue weighted by Gasteiger charge is -2.31. The number of rotatable bonds is 5. The fourth-order valence-electron chi connectivity index (χ4n) is 4.33. The molecule has 0 radical (unpaired) electrons. The molecule has 1 heterocycles. The van der Waals surface area contributed by atoms with E-state index in [4.69, 9.17) is 14.2 Å². The zero-order valence-electron chi connectivity index (χ0n) is 16.3. The smallest absolute Gasteiger partial charge is 0.251 e. The summed E-state index contributed by atoms with van der Waals surface area (Å²) in [7, 11) is 1.71. The number of fused-ring (bicyclic) bond motifs is 1. The number of carbonyl (C=O) groups excluding carboxylic acids is 1. The van der Waals surface area contributed by atoms with Crippen molar-refractivity contribution in [1.29, 1.82) is 0 Å². The summed E-state index contributed by atoms with van der Waals surface area (Å²) in [5.41, 5.74) is 1.71. The van der Waals surface area contributed by atoms with Crippen LogP contribution in [0.2, 0.25) is 0 Å². The second-order valence-corrected chi connectivity index (χ2v) is 7.58. The van der Waals surface area contributed by atoms with Gasteiger partial charge in [-0.2, -0.15) is 0 Å². The van der Waals surface area contributed by atoms with Crippen molar-refractivity contribution >= 4 is 5.91 Å². The fourth-order valence-corrected chi connectivity index (χ4v) is 4.33. The summed E-state index contributed by atoms with van der Waals surface area (Å²) >= 11 is 0. The highest BCUT2D eigenvalue weighted by Crippen LogP contribution is 2.44. The third-order valence-electron chi connectivity index (χ3n) is 5.84. The summed E-state index contributed by atoms with van der Waals surface area (Å²) in [6, 6.07) is 13.6. The molecule has 2 aromatic rings. The van der Waals surface area contributed by atoms with Crippen molar-refractivity contribution in [1.82, 2.24) is 5.32 Å². The maximum absolute atomic E-state index is 12.9. The molecule has 1 aliphatic carbocycles. The van der Waals surface area contributed by atoms with Crippen LogP contribution >= 0.6 is 0 Å². The first kappa shape index (κ1) is 18.7. The molecule has 0 saturated heterocycles. The Kier molecular flexibility index (Phi) is 5.42. The maximum atomic E-state index is 12.9. The fraction of sp³-hybridized carbons (Fsp3) is 0.435. The molecule has 5 heteroatoms. The molecule has 2 aromatic carbocycles. The zero-order valence-corrected chi connectivity index (χ0v) is 16.3. The van der Waals surface area contributed by atoms with Gasteiger partial charge in [0.25, 0.3) is 5.91 Å². The predicted molar refractivity (Wildman–Crippen MR) is 108 cm³/mol. The Balaban J connectivity index is 1.52. The molecule has 148 valence electrons. The molecule has 0 bridgehead atoms. The molecule has 1 saturated carbocycles. The van der Waals surface area contributed by atoms with Gasteiger partial charge in [-0.3, -0.25) is 4.79 Å². The zero-order chi connectivity index (χ0) is 19.4. The molecule has 0 unspecified atom stereocenters. The summed E-state index contributed by atoms with van der Waals surface area (Å²) in [5, 5.41) is 3.16. The van der Waals surface area contributed by atoms with Crippen LogP contribution < -0.4 is 19.5 Å². The minimum absolute atomic E-state index is 0.0758. The minimum Gasteiger partial charge on any atom is -0.496 e. The van der Waals surface area contributed by atoms with Crippen LogP contribution in [0.3, 0.4) is 0 Å². The van der Waals surface area contributed by atoms with Gasteiger partial charge in [0.1, 0.15) is 5.75 Å². The second kappa shape index (κ2) is 8.13. The highest BCUT2D eigenvalue weighted by atomic mass is 16.5. The van der Waals surface area contributed by atoms with Crippen molar-refractivity contribution < 1.29 is 19.0 Å². The number of carbonyl (C=O) groups is 1. The van der Waals surface area contributed by atoms with E-state index >= 15 is 0 Å². The van der Waals surface area contributed by atoms with Crippen LogP contribution in [0.4, 0.5) is 0 Å². The summed E-state index contributed by atoms with van der Waals surface area (Å²) < 4.78 is 17.0. The number of amides is 1. The van der Waals surface area contributed by atoms with Crippen molar-refractivity contribution in [3.05, 3.63) is 53.6 Å². The van der Waals surface area contributed by atoms with Gasteiger partial charge in [-0.05, 0) is 37.1 Å². The van der Waals surface area contributed by atoms with E-state index in [9.17, 15) is 4.79 Å². The molecular formula is C23H27NO4. The summed E-state index contributed by atoms with van der Waals surface area (Å²) in [6.07, 6.45) is 5.27. The molecular weight excluding hydrogens is 354 g/mol. The predicted octanol–water partition coefficient (Wildman–Crippen LogP) is 4.10. The summed E-state index contributed by atoms with van der Waals surface area (Å²) in [6.45, 7) is 1.84. The van der Waals surface area contributed by atoms with Crippen LogP contribution in [0, 0.1) is 0 Å². The van der Waals surface area contributed by atoms with Crippen LogP contribution in [-0.2, 0) is 5.41 Å². The van der Waals surface area contributed by atoms with Crippen molar-refractivity contribution in [2.24, 2.45) is 0 Å². The molecule has 1 fully saturated rings. The molecule has 0 spiro atoms. The highest BCUT2D eigenvalue weighted by molar-refractivity contribution is 5.95. The van der Waals surface area contributed by atoms with Crippen LogP contribution in [0.1, 0.15) is 48.0 Å². The average Bonchev–Trinajstić information content (AvgIpc) is 3.10. The van der Waals surface area contributed by atoms with Crippen molar-refractivity contribution in [2.75, 3.05) is 26.9 Å². The second-order valence-electron chi connectivity index (χ2n) is 7.58. The number of ether oxygens (including phenoxy) is 3. The van der Waals surface area contributed by atoms with Gasteiger partial charge in [-0.15, -0.1) is 0 Å². The molecule has 28 heavy (non-hydrogen) atoms. The standard InChI is InChI=1S/C23H27NO4/c1-26-19-8-3-2-7-18(19)23(11-4-5-12-23)16-24-22(25)17-9-10-20-21(15-17)28-14-6-13-27-20/h2-3,7-10,15H,4-6,11-14,16H2,1H3,(H,24,25).